The summed E-state index contributed by atoms with van der Waals surface area (Å²) in [6.07, 6.45) is 7.30. The third kappa shape index (κ3) is 4.52. The van der Waals surface area contributed by atoms with Crippen molar-refractivity contribution in [1.82, 2.24) is 0 Å². The number of hydrogen-bond acceptors (Lipinski definition) is 3. The van der Waals surface area contributed by atoms with Crippen LogP contribution in [0.25, 0.3) is 0 Å². The highest BCUT2D eigenvalue weighted by molar-refractivity contribution is 5.69. The van der Waals surface area contributed by atoms with Gasteiger partial charge in [-0.25, -0.2) is 0 Å². The van der Waals surface area contributed by atoms with Gasteiger partial charge < -0.3 is 9.47 Å². The molecule has 1 aliphatic rings. The molecule has 94 valence electrons. The third-order valence-corrected chi connectivity index (χ3v) is 3.38. The molecule has 2 atom stereocenters. The summed E-state index contributed by atoms with van der Waals surface area (Å²) in [5, 5.41) is 0. The largest absolute Gasteiger partial charge is 0.462 e. The molecule has 0 heterocycles. The van der Waals surface area contributed by atoms with Crippen LogP contribution in [0, 0.1) is 5.92 Å². The van der Waals surface area contributed by atoms with Crippen LogP contribution in [-0.4, -0.2) is 25.8 Å². The minimum Gasteiger partial charge on any atom is -0.462 e. The Labute approximate surface area is 98.5 Å². The fourth-order valence-electron chi connectivity index (χ4n) is 2.38. The second-order valence-electron chi connectivity index (χ2n) is 4.58. The Morgan fingerprint density at radius 3 is 2.75 bits per heavy atom. The van der Waals surface area contributed by atoms with Gasteiger partial charge in [-0.3, -0.25) is 4.79 Å². The van der Waals surface area contributed by atoms with Crippen molar-refractivity contribution in [3.8, 4) is 0 Å². The number of rotatable bonds is 6. The fraction of sp³-hybridized carbons (Fsp3) is 0.923. The van der Waals surface area contributed by atoms with E-state index in [9.17, 15) is 4.79 Å². The Hall–Kier alpha value is -0.570. The Kier molecular flexibility index (Phi) is 6.46. The first-order valence-corrected chi connectivity index (χ1v) is 6.46. The van der Waals surface area contributed by atoms with E-state index in [4.69, 9.17) is 9.47 Å². The minimum absolute atomic E-state index is 0.0533. The summed E-state index contributed by atoms with van der Waals surface area (Å²) in [5.41, 5.74) is 0. The molecule has 0 N–H and O–H groups in total. The quantitative estimate of drug-likeness (QED) is 0.518. The molecule has 0 spiro atoms. The van der Waals surface area contributed by atoms with E-state index in [1.54, 1.807) is 7.11 Å². The molecule has 3 heteroatoms. The maximum absolute atomic E-state index is 11.6. The summed E-state index contributed by atoms with van der Waals surface area (Å²) in [6.45, 7) is 2.82. The highest BCUT2D eigenvalue weighted by atomic mass is 16.5. The van der Waals surface area contributed by atoms with Crippen molar-refractivity contribution in [3.63, 3.8) is 0 Å². The molecule has 0 saturated heterocycles. The van der Waals surface area contributed by atoms with Gasteiger partial charge in [0.05, 0.1) is 0 Å². The topological polar surface area (TPSA) is 35.5 Å². The number of ether oxygens (including phenoxy) is 2. The van der Waals surface area contributed by atoms with Crippen LogP contribution in [0.1, 0.15) is 51.9 Å². The molecule has 16 heavy (non-hydrogen) atoms. The van der Waals surface area contributed by atoms with Gasteiger partial charge in [-0.1, -0.05) is 13.3 Å². The Morgan fingerprint density at radius 2 is 2.06 bits per heavy atom. The number of carbonyl (C=O) groups excluding carboxylic acids is 1. The molecule has 0 radical (unpaired) electrons. The van der Waals surface area contributed by atoms with Crippen molar-refractivity contribution in [3.05, 3.63) is 0 Å². The monoisotopic (exact) mass is 228 g/mol. The molecular weight excluding hydrogens is 204 g/mol. The van der Waals surface area contributed by atoms with E-state index in [-0.39, 0.29) is 12.1 Å². The average Bonchev–Trinajstić information content (AvgIpc) is 2.30. The minimum atomic E-state index is -0.0533. The standard InChI is InChI=1S/C13H24O3/c1-3-11-7-4-5-8-12(11)16-13(14)9-6-10-15-2/h11-12H,3-10H2,1-2H3. The van der Waals surface area contributed by atoms with E-state index in [0.717, 1.165) is 19.3 Å². The molecule has 1 rings (SSSR count). The van der Waals surface area contributed by atoms with Crippen LogP contribution in [0.4, 0.5) is 0 Å². The van der Waals surface area contributed by atoms with E-state index in [1.165, 1.54) is 19.3 Å². The molecule has 0 amide bonds. The summed E-state index contributed by atoms with van der Waals surface area (Å²) in [4.78, 5) is 11.6. The van der Waals surface area contributed by atoms with Crippen molar-refractivity contribution in [1.29, 1.82) is 0 Å². The predicted octanol–water partition coefficient (Wildman–Crippen LogP) is 2.93. The average molecular weight is 228 g/mol. The number of hydrogen-bond donors (Lipinski definition) is 0. The molecule has 1 saturated carbocycles. The summed E-state index contributed by atoms with van der Waals surface area (Å²) in [6, 6.07) is 0. The van der Waals surface area contributed by atoms with Crippen LogP contribution in [-0.2, 0) is 14.3 Å². The van der Waals surface area contributed by atoms with Crippen LogP contribution in [0.2, 0.25) is 0 Å². The highest BCUT2D eigenvalue weighted by Gasteiger charge is 2.26. The highest BCUT2D eigenvalue weighted by Crippen LogP contribution is 2.29. The van der Waals surface area contributed by atoms with Crippen LogP contribution in [0.3, 0.4) is 0 Å². The van der Waals surface area contributed by atoms with Crippen molar-refractivity contribution < 1.29 is 14.3 Å². The van der Waals surface area contributed by atoms with Crippen LogP contribution < -0.4 is 0 Å². The van der Waals surface area contributed by atoms with E-state index in [1.807, 2.05) is 0 Å². The first-order chi connectivity index (χ1) is 7.77. The van der Waals surface area contributed by atoms with E-state index >= 15 is 0 Å². The molecule has 0 aromatic carbocycles. The second-order valence-corrected chi connectivity index (χ2v) is 4.58. The first-order valence-electron chi connectivity index (χ1n) is 6.46. The lowest BCUT2D eigenvalue weighted by Crippen LogP contribution is -2.29. The van der Waals surface area contributed by atoms with Crippen LogP contribution in [0.5, 0.6) is 0 Å². The molecule has 0 bridgehead atoms. The number of methoxy groups -OCH3 is 1. The van der Waals surface area contributed by atoms with Crippen LogP contribution in [0.15, 0.2) is 0 Å². The van der Waals surface area contributed by atoms with Gasteiger partial charge in [-0.15, -0.1) is 0 Å². The molecule has 1 aliphatic carbocycles. The number of carbonyl (C=O) groups is 1. The number of esters is 1. The normalized spacial score (nSPS) is 25.4. The smallest absolute Gasteiger partial charge is 0.306 e. The molecule has 0 aromatic heterocycles. The zero-order valence-electron chi connectivity index (χ0n) is 10.5. The van der Waals surface area contributed by atoms with E-state index < -0.39 is 0 Å². The SMILES string of the molecule is CCC1CCCCC1OC(=O)CCCOC. The van der Waals surface area contributed by atoms with Gasteiger partial charge in [0.15, 0.2) is 0 Å². The molecule has 0 aliphatic heterocycles. The Bertz CT molecular complexity index is 203. The van der Waals surface area contributed by atoms with Crippen molar-refractivity contribution >= 4 is 5.97 Å². The van der Waals surface area contributed by atoms with Gasteiger partial charge in [0.25, 0.3) is 0 Å². The van der Waals surface area contributed by atoms with Crippen LogP contribution >= 0.6 is 0 Å². The summed E-state index contributed by atoms with van der Waals surface area (Å²) >= 11 is 0. The van der Waals surface area contributed by atoms with Crippen molar-refractivity contribution in [2.75, 3.05) is 13.7 Å². The summed E-state index contributed by atoms with van der Waals surface area (Å²) < 4.78 is 10.5. The first kappa shape index (κ1) is 13.5. The maximum atomic E-state index is 11.6. The fourth-order valence-corrected chi connectivity index (χ4v) is 2.38. The molecule has 2 unspecified atom stereocenters. The lowest BCUT2D eigenvalue weighted by atomic mass is 9.85. The van der Waals surface area contributed by atoms with Gasteiger partial charge in [0.2, 0.25) is 0 Å². The van der Waals surface area contributed by atoms with E-state index in [0.29, 0.717) is 18.9 Å². The Balaban J connectivity index is 2.25. The zero-order chi connectivity index (χ0) is 11.8. The van der Waals surface area contributed by atoms with Crippen molar-refractivity contribution in [2.45, 2.75) is 58.0 Å². The maximum Gasteiger partial charge on any atom is 0.306 e. The summed E-state index contributed by atoms with van der Waals surface area (Å²) in [5.74, 6) is 0.530. The van der Waals surface area contributed by atoms with Crippen molar-refractivity contribution in [2.24, 2.45) is 5.92 Å². The molecule has 1 fully saturated rings. The second kappa shape index (κ2) is 7.66. The van der Waals surface area contributed by atoms with Gasteiger partial charge in [0.1, 0.15) is 6.10 Å². The van der Waals surface area contributed by atoms with Gasteiger partial charge >= 0.3 is 5.97 Å². The predicted molar refractivity (Wildman–Crippen MR) is 63.2 cm³/mol. The van der Waals surface area contributed by atoms with Gasteiger partial charge in [-0.2, -0.15) is 0 Å². The summed E-state index contributed by atoms with van der Waals surface area (Å²) in [7, 11) is 1.65. The molecular formula is C13H24O3. The lowest BCUT2D eigenvalue weighted by molar-refractivity contribution is -0.154. The molecule has 0 aromatic rings. The lowest BCUT2D eigenvalue weighted by Gasteiger charge is -2.30. The van der Waals surface area contributed by atoms with Gasteiger partial charge in [0, 0.05) is 20.1 Å². The molecule has 3 nitrogen and oxygen atoms in total. The zero-order valence-corrected chi connectivity index (χ0v) is 10.5. The third-order valence-electron chi connectivity index (χ3n) is 3.38. The van der Waals surface area contributed by atoms with Gasteiger partial charge in [-0.05, 0) is 38.0 Å². The van der Waals surface area contributed by atoms with E-state index in [2.05, 4.69) is 6.92 Å². The Morgan fingerprint density at radius 1 is 1.31 bits per heavy atom.